The fourth-order valence-corrected chi connectivity index (χ4v) is 7.60. The molecule has 11 heteroatoms. The Morgan fingerprint density at radius 2 is 1.89 bits per heavy atom. The van der Waals surface area contributed by atoms with Gasteiger partial charge in [-0.05, 0) is 36.3 Å². The first kappa shape index (κ1) is 28.4. The number of methoxy groups -OCH3 is 2. The van der Waals surface area contributed by atoms with Gasteiger partial charge in [-0.15, -0.1) is 11.3 Å². The molecule has 1 aliphatic rings. The van der Waals surface area contributed by atoms with Crippen LogP contribution in [0.4, 0.5) is 5.13 Å². The zero-order chi connectivity index (χ0) is 27.7. The van der Waals surface area contributed by atoms with Gasteiger partial charge < -0.3 is 18.6 Å². The van der Waals surface area contributed by atoms with E-state index in [1.54, 1.807) is 56.1 Å². The van der Waals surface area contributed by atoms with Gasteiger partial charge in [0.25, 0.3) is 10.0 Å². The number of anilines is 1. The summed E-state index contributed by atoms with van der Waals surface area (Å²) >= 11 is 1.25. The van der Waals surface area contributed by atoms with Gasteiger partial charge in [-0.2, -0.15) is 0 Å². The van der Waals surface area contributed by atoms with E-state index in [1.807, 2.05) is 6.07 Å². The van der Waals surface area contributed by atoms with Gasteiger partial charge in [0.1, 0.15) is 17.2 Å². The molecule has 0 N–H and O–H groups in total. The van der Waals surface area contributed by atoms with Crippen LogP contribution in [0.5, 0.6) is 17.2 Å². The predicted octanol–water partition coefficient (Wildman–Crippen LogP) is 6.40. The number of fused-ring (bicyclic) bond motifs is 1. The summed E-state index contributed by atoms with van der Waals surface area (Å²) in [5.74, 6) is 1.69. The number of hydrogen-bond donors (Lipinski definition) is 0. The Kier molecular flexibility index (Phi) is 8.13. The monoisotopic (exact) mass is 576 g/mol. The van der Waals surface area contributed by atoms with Crippen LogP contribution in [0.2, 0.25) is 18.1 Å². The number of ether oxygens (including phenoxy) is 3. The highest BCUT2D eigenvalue weighted by Crippen LogP contribution is 2.44. The number of thiazole rings is 1. The minimum Gasteiger partial charge on any atom is -0.497 e. The number of rotatable bonds is 9. The van der Waals surface area contributed by atoms with Crippen LogP contribution in [0.1, 0.15) is 44.4 Å². The third-order valence-corrected chi connectivity index (χ3v) is 14.4. The Bertz CT molecular complexity index is 1370. The molecule has 0 bridgehead atoms. The summed E-state index contributed by atoms with van der Waals surface area (Å²) in [5, 5.41) is 2.17. The summed E-state index contributed by atoms with van der Waals surface area (Å²) in [4.78, 5) is 4.44. The molecule has 0 radical (unpaired) electrons. The largest absolute Gasteiger partial charge is 0.497 e. The Labute approximate surface area is 230 Å². The number of nitrogens with zero attached hydrogens (tertiary/aromatic N) is 2. The Hall–Kier alpha value is -2.60. The van der Waals surface area contributed by atoms with Gasteiger partial charge in [0.2, 0.25) is 0 Å². The van der Waals surface area contributed by atoms with Crippen LogP contribution in [-0.4, -0.2) is 42.5 Å². The van der Waals surface area contributed by atoms with Crippen molar-refractivity contribution in [1.82, 2.24) is 4.98 Å². The van der Waals surface area contributed by atoms with Crippen molar-refractivity contribution in [3.8, 4) is 17.2 Å². The second-order valence-electron chi connectivity index (χ2n) is 10.7. The summed E-state index contributed by atoms with van der Waals surface area (Å²) in [6.45, 7) is 11.6. The maximum absolute atomic E-state index is 14.0. The number of hydrogen-bond acceptors (Lipinski definition) is 8. The first-order chi connectivity index (χ1) is 17.9. The molecule has 206 valence electrons. The third-order valence-electron chi connectivity index (χ3n) is 7.24. The van der Waals surface area contributed by atoms with Crippen molar-refractivity contribution < 1.29 is 27.1 Å². The lowest BCUT2D eigenvalue weighted by molar-refractivity contribution is 0.122. The van der Waals surface area contributed by atoms with Crippen LogP contribution in [0.25, 0.3) is 0 Å². The van der Waals surface area contributed by atoms with Gasteiger partial charge in [-0.25, -0.2) is 17.7 Å². The van der Waals surface area contributed by atoms with Crippen LogP contribution in [0.15, 0.2) is 52.9 Å². The van der Waals surface area contributed by atoms with E-state index in [2.05, 4.69) is 38.8 Å². The van der Waals surface area contributed by atoms with Gasteiger partial charge in [-0.1, -0.05) is 26.8 Å². The fraction of sp³-hybridized carbons (Fsp3) is 0.444. The second-order valence-corrected chi connectivity index (χ2v) is 18.2. The van der Waals surface area contributed by atoms with Gasteiger partial charge in [0, 0.05) is 41.3 Å². The van der Waals surface area contributed by atoms with E-state index < -0.39 is 18.3 Å². The summed E-state index contributed by atoms with van der Waals surface area (Å²) in [6, 6.07) is 10.4. The molecule has 2 heterocycles. The van der Waals surface area contributed by atoms with E-state index in [1.165, 1.54) is 15.6 Å². The quantitative estimate of drug-likeness (QED) is 0.272. The van der Waals surface area contributed by atoms with E-state index in [-0.39, 0.29) is 22.6 Å². The van der Waals surface area contributed by atoms with Crippen LogP contribution in [0.3, 0.4) is 0 Å². The molecule has 1 atom stereocenters. The molecule has 0 saturated carbocycles. The molecule has 1 aromatic heterocycles. The van der Waals surface area contributed by atoms with Crippen LogP contribution >= 0.6 is 11.3 Å². The molecule has 0 saturated heterocycles. The van der Waals surface area contributed by atoms with Crippen LogP contribution in [0, 0.1) is 0 Å². The third kappa shape index (κ3) is 5.70. The molecular formula is C27H36N2O6S2Si. The minimum absolute atomic E-state index is 0.0397. The molecule has 3 aromatic rings. The molecule has 8 nitrogen and oxygen atoms in total. The molecule has 0 aliphatic carbocycles. The smallest absolute Gasteiger partial charge is 0.266 e. The molecule has 38 heavy (non-hydrogen) atoms. The number of benzene rings is 2. The van der Waals surface area contributed by atoms with E-state index in [9.17, 15) is 8.42 Å². The molecule has 0 spiro atoms. The molecule has 2 aromatic carbocycles. The maximum Gasteiger partial charge on any atom is 0.266 e. The first-order valence-electron chi connectivity index (χ1n) is 12.4. The molecule has 4 rings (SSSR count). The number of sulfonamides is 1. The zero-order valence-electron chi connectivity index (χ0n) is 23.0. The Morgan fingerprint density at radius 1 is 1.13 bits per heavy atom. The lowest BCUT2D eigenvalue weighted by atomic mass is 10.0. The van der Waals surface area contributed by atoms with Crippen LogP contribution in [-0.2, 0) is 21.0 Å². The molecule has 0 amide bonds. The normalized spacial score (nSPS) is 15.9. The highest BCUT2D eigenvalue weighted by atomic mass is 32.2. The van der Waals surface area contributed by atoms with Crippen molar-refractivity contribution in [2.75, 3.05) is 25.1 Å². The standard InChI is InChI=1S/C27H36N2O6S2Si/c1-27(2,3)38(6,7)35-23-12-14-34-25-17-21(10-11-22(23)25)37(30,31)29(26-28-13-15-36-26)18-19-8-9-20(32-4)16-24(19)33-5/h8-11,13,15-17,23H,12,14,18H2,1-7H3/t23-/m1/s1. The zero-order valence-corrected chi connectivity index (χ0v) is 25.6. The van der Waals surface area contributed by atoms with Crippen molar-refractivity contribution in [2.45, 2.75) is 62.9 Å². The van der Waals surface area contributed by atoms with E-state index in [0.717, 1.165) is 12.0 Å². The molecule has 1 aliphatic heterocycles. The van der Waals surface area contributed by atoms with Gasteiger partial charge in [0.15, 0.2) is 13.4 Å². The van der Waals surface area contributed by atoms with Crippen molar-refractivity contribution in [2.24, 2.45) is 0 Å². The first-order valence-corrected chi connectivity index (χ1v) is 17.7. The summed E-state index contributed by atoms with van der Waals surface area (Å²) < 4.78 is 52.8. The van der Waals surface area contributed by atoms with Gasteiger partial charge in [0.05, 0.1) is 38.4 Å². The lowest BCUT2D eigenvalue weighted by Gasteiger charge is -2.40. The average molecular weight is 577 g/mol. The summed E-state index contributed by atoms with van der Waals surface area (Å²) in [5.41, 5.74) is 1.57. The Balaban J connectivity index is 1.70. The summed E-state index contributed by atoms with van der Waals surface area (Å²) in [6.07, 6.45) is 2.19. The second kappa shape index (κ2) is 10.9. The fourth-order valence-electron chi connectivity index (χ4n) is 4.01. The van der Waals surface area contributed by atoms with Gasteiger partial charge >= 0.3 is 0 Å². The highest BCUT2D eigenvalue weighted by Gasteiger charge is 2.41. The Morgan fingerprint density at radius 3 is 2.53 bits per heavy atom. The average Bonchev–Trinajstić information content (AvgIpc) is 3.40. The van der Waals surface area contributed by atoms with Crippen molar-refractivity contribution >= 4 is 34.8 Å². The highest BCUT2D eigenvalue weighted by molar-refractivity contribution is 7.93. The van der Waals surface area contributed by atoms with E-state index in [0.29, 0.717) is 34.6 Å². The molecule has 0 unspecified atom stereocenters. The maximum atomic E-state index is 14.0. The predicted molar refractivity (Wildman–Crippen MR) is 153 cm³/mol. The van der Waals surface area contributed by atoms with Crippen LogP contribution < -0.4 is 18.5 Å². The summed E-state index contributed by atoms with van der Waals surface area (Å²) in [7, 11) is -2.91. The van der Waals surface area contributed by atoms with Gasteiger partial charge in [-0.3, -0.25) is 0 Å². The minimum atomic E-state index is -3.99. The molecular weight excluding hydrogens is 541 g/mol. The SMILES string of the molecule is COc1ccc(CN(c2nccs2)S(=O)(=O)c2ccc3c(c2)OCC[C@H]3O[Si](C)(C)C(C)(C)C)c(OC)c1. The van der Waals surface area contributed by atoms with Crippen molar-refractivity contribution in [3.63, 3.8) is 0 Å². The number of aromatic nitrogens is 1. The van der Waals surface area contributed by atoms with E-state index in [4.69, 9.17) is 18.6 Å². The lowest BCUT2D eigenvalue weighted by Crippen LogP contribution is -2.42. The van der Waals surface area contributed by atoms with Crippen molar-refractivity contribution in [1.29, 1.82) is 0 Å². The van der Waals surface area contributed by atoms with E-state index >= 15 is 0 Å². The topological polar surface area (TPSA) is 87.2 Å². The van der Waals surface area contributed by atoms with Crippen molar-refractivity contribution in [3.05, 3.63) is 59.1 Å². The molecule has 0 fully saturated rings.